The molecule has 0 bridgehead atoms. The topological polar surface area (TPSA) is 76.1 Å². The molecule has 1 N–H and O–H groups in total. The van der Waals surface area contributed by atoms with Crippen molar-refractivity contribution >= 4 is 20.3 Å². The van der Waals surface area contributed by atoms with E-state index in [0.29, 0.717) is 6.42 Å². The summed E-state index contributed by atoms with van der Waals surface area (Å²) in [5.74, 6) is -1.40. The Balaban J connectivity index is 1.95. The van der Waals surface area contributed by atoms with E-state index in [-0.39, 0.29) is 23.5 Å². The molecule has 0 aromatic heterocycles. The molecule has 6 nitrogen and oxygen atoms in total. The van der Waals surface area contributed by atoms with Crippen molar-refractivity contribution in [3.05, 3.63) is 71.8 Å². The number of carbonyl (C=O) groups excluding carboxylic acids is 2. The third kappa shape index (κ3) is 7.62. The normalized spacial score (nSPS) is 18.5. The first-order valence-corrected chi connectivity index (χ1v) is 17.8. The summed E-state index contributed by atoms with van der Waals surface area (Å²) in [5, 5.41) is 11.6. The van der Waals surface area contributed by atoms with Crippen molar-refractivity contribution in [3.8, 4) is 0 Å². The maximum Gasteiger partial charge on any atom is 0.417 e. The van der Waals surface area contributed by atoms with Crippen molar-refractivity contribution in [2.75, 3.05) is 6.61 Å². The fourth-order valence-corrected chi connectivity index (χ4v) is 6.76. The summed E-state index contributed by atoms with van der Waals surface area (Å²) in [6, 6.07) is 19.4. The quantitative estimate of drug-likeness (QED) is 0.200. The second-order valence-electron chi connectivity index (χ2n) is 12.7. The Kier molecular flexibility index (Phi) is 11.2. The molecule has 1 heterocycles. The number of rotatable bonds is 13. The Morgan fingerprint density at radius 3 is 2.08 bits per heavy atom. The molecule has 2 amide bonds. The Bertz CT molecular complexity index is 1050. The fourth-order valence-electron chi connectivity index (χ4n) is 5.34. The zero-order valence-electron chi connectivity index (χ0n) is 25.4. The number of carbonyl (C=O) groups is 2. The second kappa shape index (κ2) is 13.9. The average molecular weight is 568 g/mol. The van der Waals surface area contributed by atoms with Crippen molar-refractivity contribution in [2.45, 2.75) is 109 Å². The van der Waals surface area contributed by atoms with E-state index >= 15 is 0 Å². The number of cyclic esters (lactones) is 1. The molecule has 0 unspecified atom stereocenters. The largest absolute Gasteiger partial charge is 0.447 e. The van der Waals surface area contributed by atoms with E-state index in [4.69, 9.17) is 9.16 Å². The molecule has 0 radical (unpaired) electrons. The van der Waals surface area contributed by atoms with E-state index < -0.39 is 38.6 Å². The monoisotopic (exact) mass is 567 g/mol. The standard InChI is InChI=1S/C33H49NO5Si/c1-8-9-10-17-22-27(30(35)24(2)39-40(6,7)33(3,4)5)31(36)34-28(23-38-32(34)37)29(25-18-13-11-14-19-25)26-20-15-12-16-21-26/h11-16,18-21,24,27-30,35H,8-10,17,22-23H2,1-7H3/t24-,27+,28-,30-/m0/s1. The van der Waals surface area contributed by atoms with Crippen molar-refractivity contribution in [3.63, 3.8) is 0 Å². The third-order valence-corrected chi connectivity index (χ3v) is 13.3. The summed E-state index contributed by atoms with van der Waals surface area (Å²) in [6.45, 7) is 14.9. The van der Waals surface area contributed by atoms with Crippen molar-refractivity contribution < 1.29 is 23.9 Å². The van der Waals surface area contributed by atoms with Gasteiger partial charge in [0.15, 0.2) is 8.32 Å². The first-order valence-electron chi connectivity index (χ1n) is 14.8. The summed E-state index contributed by atoms with van der Waals surface area (Å²) in [4.78, 5) is 28.8. The van der Waals surface area contributed by atoms with Gasteiger partial charge < -0.3 is 14.3 Å². The maximum absolute atomic E-state index is 14.3. The molecule has 220 valence electrons. The predicted molar refractivity (Wildman–Crippen MR) is 163 cm³/mol. The van der Waals surface area contributed by atoms with E-state index in [2.05, 4.69) is 40.8 Å². The van der Waals surface area contributed by atoms with Gasteiger partial charge in [0.05, 0.1) is 24.2 Å². The third-order valence-electron chi connectivity index (χ3n) is 8.71. The van der Waals surface area contributed by atoms with Crippen LogP contribution >= 0.6 is 0 Å². The number of aliphatic hydroxyl groups excluding tert-OH is 1. The first kappa shape index (κ1) is 32.0. The number of unbranched alkanes of at least 4 members (excludes halogenated alkanes) is 3. The molecule has 2 aromatic carbocycles. The summed E-state index contributed by atoms with van der Waals surface area (Å²) in [6.07, 6.45) is 2.16. The van der Waals surface area contributed by atoms with E-state index in [0.717, 1.165) is 36.8 Å². The molecule has 0 saturated carbocycles. The SMILES string of the molecule is CCCCCC[C@@H](C(=O)N1C(=O)OC[C@H]1C(c1ccccc1)c1ccccc1)[C@@H](O)[C@H](C)O[Si](C)(C)C(C)(C)C. The molecule has 0 aliphatic carbocycles. The fraction of sp³-hybridized carbons (Fsp3) is 0.576. The van der Waals surface area contributed by atoms with Crippen LogP contribution in [0.5, 0.6) is 0 Å². The van der Waals surface area contributed by atoms with E-state index in [1.54, 1.807) is 0 Å². The minimum atomic E-state index is -2.20. The van der Waals surface area contributed by atoms with Crippen LogP contribution in [-0.4, -0.2) is 55.2 Å². The number of benzene rings is 2. The van der Waals surface area contributed by atoms with Gasteiger partial charge in [-0.05, 0) is 42.6 Å². The van der Waals surface area contributed by atoms with Crippen LogP contribution in [0.15, 0.2) is 60.7 Å². The Labute approximate surface area is 242 Å². The molecule has 40 heavy (non-hydrogen) atoms. The number of hydrogen-bond donors (Lipinski definition) is 1. The highest BCUT2D eigenvalue weighted by Crippen LogP contribution is 2.39. The molecule has 1 aliphatic heterocycles. The van der Waals surface area contributed by atoms with E-state index in [1.165, 1.54) is 4.90 Å². The second-order valence-corrected chi connectivity index (χ2v) is 17.4. The molecular weight excluding hydrogens is 518 g/mol. The zero-order chi connectivity index (χ0) is 29.5. The number of amides is 2. The molecule has 1 aliphatic rings. The van der Waals surface area contributed by atoms with Gasteiger partial charge in [-0.25, -0.2) is 9.69 Å². The average Bonchev–Trinajstić information content (AvgIpc) is 3.29. The van der Waals surface area contributed by atoms with Gasteiger partial charge in [0.25, 0.3) is 0 Å². The van der Waals surface area contributed by atoms with Crippen LogP contribution in [0, 0.1) is 5.92 Å². The highest BCUT2D eigenvalue weighted by Gasteiger charge is 2.48. The zero-order valence-corrected chi connectivity index (χ0v) is 26.4. The van der Waals surface area contributed by atoms with Gasteiger partial charge in [-0.1, -0.05) is 114 Å². The summed E-state index contributed by atoms with van der Waals surface area (Å²) in [7, 11) is -2.20. The lowest BCUT2D eigenvalue weighted by Crippen LogP contribution is -2.52. The van der Waals surface area contributed by atoms with Crippen molar-refractivity contribution in [2.24, 2.45) is 5.92 Å². The lowest BCUT2D eigenvalue weighted by atomic mass is 9.83. The smallest absolute Gasteiger partial charge is 0.417 e. The van der Waals surface area contributed by atoms with Crippen LogP contribution in [0.3, 0.4) is 0 Å². The molecule has 0 spiro atoms. The summed E-state index contributed by atoms with van der Waals surface area (Å²) >= 11 is 0. The van der Waals surface area contributed by atoms with Gasteiger partial charge in [0.2, 0.25) is 5.91 Å². The molecule has 1 fully saturated rings. The Morgan fingerprint density at radius 1 is 1.02 bits per heavy atom. The van der Waals surface area contributed by atoms with Crippen LogP contribution in [0.4, 0.5) is 4.79 Å². The number of nitrogens with zero attached hydrogens (tertiary/aromatic N) is 1. The van der Waals surface area contributed by atoms with Crippen molar-refractivity contribution in [1.82, 2.24) is 4.90 Å². The maximum atomic E-state index is 14.3. The highest BCUT2D eigenvalue weighted by molar-refractivity contribution is 6.74. The minimum absolute atomic E-state index is 0.0376. The summed E-state index contributed by atoms with van der Waals surface area (Å²) in [5.41, 5.74) is 2.01. The van der Waals surface area contributed by atoms with Gasteiger partial charge in [-0.15, -0.1) is 0 Å². The molecule has 1 saturated heterocycles. The Morgan fingerprint density at radius 2 is 1.57 bits per heavy atom. The minimum Gasteiger partial charge on any atom is -0.447 e. The Hall–Kier alpha value is -2.48. The molecule has 3 rings (SSSR count). The molecule has 7 heteroatoms. The molecule has 4 atom stereocenters. The van der Waals surface area contributed by atoms with E-state index in [1.807, 2.05) is 67.6 Å². The highest BCUT2D eigenvalue weighted by atomic mass is 28.4. The lowest BCUT2D eigenvalue weighted by molar-refractivity contribution is -0.140. The molecule has 2 aromatic rings. The predicted octanol–water partition coefficient (Wildman–Crippen LogP) is 7.52. The number of imide groups is 1. The van der Waals surface area contributed by atoms with Gasteiger partial charge >= 0.3 is 6.09 Å². The lowest BCUT2D eigenvalue weighted by Gasteiger charge is -2.41. The summed E-state index contributed by atoms with van der Waals surface area (Å²) < 4.78 is 12.1. The van der Waals surface area contributed by atoms with Crippen molar-refractivity contribution in [1.29, 1.82) is 0 Å². The molecular formula is C33H49NO5Si. The number of ether oxygens (including phenoxy) is 1. The van der Waals surface area contributed by atoms with Gasteiger partial charge in [-0.2, -0.15) is 0 Å². The van der Waals surface area contributed by atoms with Crippen LogP contribution < -0.4 is 0 Å². The van der Waals surface area contributed by atoms with Crippen LogP contribution in [0.2, 0.25) is 18.1 Å². The number of hydrogen-bond acceptors (Lipinski definition) is 5. The first-order chi connectivity index (χ1) is 18.9. The van der Waals surface area contributed by atoms with Gasteiger partial charge in [-0.3, -0.25) is 4.79 Å². The van der Waals surface area contributed by atoms with E-state index in [9.17, 15) is 14.7 Å². The van der Waals surface area contributed by atoms with Crippen LogP contribution in [0.1, 0.15) is 83.8 Å². The van der Waals surface area contributed by atoms with Crippen LogP contribution in [-0.2, 0) is 14.0 Å². The van der Waals surface area contributed by atoms with Gasteiger partial charge in [0.1, 0.15) is 6.61 Å². The van der Waals surface area contributed by atoms with Gasteiger partial charge in [0, 0.05) is 5.92 Å². The van der Waals surface area contributed by atoms with Crippen LogP contribution in [0.25, 0.3) is 0 Å². The number of aliphatic hydroxyl groups is 1.